The van der Waals surface area contributed by atoms with Crippen molar-refractivity contribution in [3.8, 4) is 0 Å². The SMILES string of the molecule is C=CC(C)(Cl)C1=C2C(CCC1)C1(C(=O)Nc3ccc(C=O)cc3C(F)(F)F)N=C(Nc3ccccc31)C2(C)C. The van der Waals surface area contributed by atoms with E-state index >= 15 is 0 Å². The number of rotatable bonds is 5. The Morgan fingerprint density at radius 1 is 1.23 bits per heavy atom. The van der Waals surface area contributed by atoms with E-state index in [1.54, 1.807) is 18.2 Å². The number of hydrogen-bond donors (Lipinski definition) is 2. The topological polar surface area (TPSA) is 70.6 Å². The predicted molar refractivity (Wildman–Crippen MR) is 147 cm³/mol. The van der Waals surface area contributed by atoms with Gasteiger partial charge in [0.2, 0.25) is 0 Å². The zero-order chi connectivity index (χ0) is 28.4. The molecule has 0 saturated carbocycles. The largest absolute Gasteiger partial charge is 0.418 e. The molecule has 2 aromatic carbocycles. The predicted octanol–water partition coefficient (Wildman–Crippen LogP) is 7.50. The normalized spacial score (nSPS) is 24.8. The highest BCUT2D eigenvalue weighted by atomic mass is 35.5. The summed E-state index contributed by atoms with van der Waals surface area (Å²) in [6.07, 6.45) is -0.735. The molecule has 1 aliphatic carbocycles. The van der Waals surface area contributed by atoms with E-state index in [1.807, 2.05) is 32.9 Å². The Balaban J connectivity index is 1.76. The van der Waals surface area contributed by atoms with Gasteiger partial charge in [-0.15, -0.1) is 18.2 Å². The Morgan fingerprint density at radius 3 is 2.62 bits per heavy atom. The minimum absolute atomic E-state index is 0.140. The molecule has 0 saturated heterocycles. The monoisotopic (exact) mass is 555 g/mol. The summed E-state index contributed by atoms with van der Waals surface area (Å²) < 4.78 is 42.0. The molecular formula is C30H29ClF3N3O2. The first kappa shape index (κ1) is 27.2. The number of allylic oxidation sites excluding steroid dienone is 2. The molecule has 2 N–H and O–H groups in total. The van der Waals surface area contributed by atoms with Crippen LogP contribution in [0.2, 0.25) is 0 Å². The van der Waals surface area contributed by atoms with E-state index in [4.69, 9.17) is 16.6 Å². The highest BCUT2D eigenvalue weighted by Crippen LogP contribution is 2.60. The third-order valence-corrected chi connectivity index (χ3v) is 8.68. The number of carbonyl (C=O) groups excluding carboxylic acids is 2. The Bertz CT molecular complexity index is 1460. The van der Waals surface area contributed by atoms with Crippen LogP contribution in [0.15, 0.2) is 71.3 Å². The smallest absolute Gasteiger partial charge is 0.343 e. The fourth-order valence-corrected chi connectivity index (χ4v) is 6.56. The van der Waals surface area contributed by atoms with Crippen molar-refractivity contribution in [3.05, 3.63) is 83.0 Å². The number of nitrogens with one attached hydrogen (secondary N) is 2. The van der Waals surface area contributed by atoms with Gasteiger partial charge in [-0.1, -0.05) is 24.3 Å². The van der Waals surface area contributed by atoms with Crippen molar-refractivity contribution in [1.29, 1.82) is 0 Å². The number of amidine groups is 1. The quantitative estimate of drug-likeness (QED) is 0.228. The second-order valence-electron chi connectivity index (χ2n) is 11.0. The first-order valence-corrected chi connectivity index (χ1v) is 13.2. The molecule has 9 heteroatoms. The van der Waals surface area contributed by atoms with Crippen LogP contribution in [-0.4, -0.2) is 22.9 Å². The van der Waals surface area contributed by atoms with Crippen LogP contribution in [0.25, 0.3) is 0 Å². The van der Waals surface area contributed by atoms with Crippen LogP contribution in [-0.2, 0) is 16.5 Å². The molecule has 39 heavy (non-hydrogen) atoms. The van der Waals surface area contributed by atoms with Crippen molar-refractivity contribution in [2.45, 2.75) is 56.6 Å². The van der Waals surface area contributed by atoms with Crippen molar-refractivity contribution < 1.29 is 22.8 Å². The fourth-order valence-electron chi connectivity index (χ4n) is 6.37. The van der Waals surface area contributed by atoms with Crippen molar-refractivity contribution in [2.75, 3.05) is 10.6 Å². The second-order valence-corrected chi connectivity index (χ2v) is 11.8. The van der Waals surface area contributed by atoms with E-state index < -0.39 is 45.1 Å². The summed E-state index contributed by atoms with van der Waals surface area (Å²) >= 11 is 6.97. The van der Waals surface area contributed by atoms with Crippen LogP contribution >= 0.6 is 11.6 Å². The van der Waals surface area contributed by atoms with E-state index in [-0.39, 0.29) is 5.56 Å². The van der Waals surface area contributed by atoms with Gasteiger partial charge in [-0.05, 0) is 75.4 Å². The average molecular weight is 556 g/mol. The summed E-state index contributed by atoms with van der Waals surface area (Å²) in [5.41, 5.74) is -0.649. The Labute approximate surface area is 230 Å². The van der Waals surface area contributed by atoms with E-state index in [1.165, 1.54) is 6.07 Å². The molecule has 2 bridgehead atoms. The first-order chi connectivity index (χ1) is 18.3. The summed E-state index contributed by atoms with van der Waals surface area (Å²) in [4.78, 5) is 29.8. The molecule has 0 fully saturated rings. The van der Waals surface area contributed by atoms with Crippen LogP contribution in [0.1, 0.15) is 61.5 Å². The molecule has 204 valence electrons. The minimum Gasteiger partial charge on any atom is -0.343 e. The lowest BCUT2D eigenvalue weighted by atomic mass is 9.56. The van der Waals surface area contributed by atoms with Gasteiger partial charge in [0.05, 0.1) is 16.1 Å². The van der Waals surface area contributed by atoms with Crippen LogP contribution in [0.5, 0.6) is 0 Å². The molecule has 0 spiro atoms. The molecule has 0 aromatic heterocycles. The van der Waals surface area contributed by atoms with Crippen molar-refractivity contribution >= 4 is 41.0 Å². The Hall–Kier alpha value is -3.39. The zero-order valence-electron chi connectivity index (χ0n) is 21.9. The summed E-state index contributed by atoms with van der Waals surface area (Å²) in [7, 11) is 0. The number of para-hydroxylation sites is 1. The highest BCUT2D eigenvalue weighted by molar-refractivity contribution is 6.27. The van der Waals surface area contributed by atoms with Gasteiger partial charge in [-0.25, -0.2) is 4.99 Å². The summed E-state index contributed by atoms with van der Waals surface area (Å²) in [6.45, 7) is 9.85. The van der Waals surface area contributed by atoms with Gasteiger partial charge in [0.15, 0.2) is 5.54 Å². The number of carbonyl (C=O) groups is 2. The zero-order valence-corrected chi connectivity index (χ0v) is 22.6. The van der Waals surface area contributed by atoms with Gasteiger partial charge in [0.1, 0.15) is 12.1 Å². The highest BCUT2D eigenvalue weighted by Gasteiger charge is 2.60. The maximum absolute atomic E-state index is 14.4. The third kappa shape index (κ3) is 4.11. The van der Waals surface area contributed by atoms with Gasteiger partial charge in [-0.3, -0.25) is 9.59 Å². The number of anilines is 2. The van der Waals surface area contributed by atoms with Crippen molar-refractivity contribution in [2.24, 2.45) is 16.3 Å². The standard InChI is InChI=1S/C30H29ClF3N3O2/c1-5-28(4,31)19-10-8-11-20-24(19)27(2,3)25-35-22-12-7-6-9-18(22)29(20,37-25)26(39)36-23-14-13-17(16-38)15-21(23)30(32,33)34/h5-7,9,12-16,20H,1,8,10-11H2,2-4H3,(H,35,37)(H,36,39). The molecule has 3 aliphatic rings. The van der Waals surface area contributed by atoms with E-state index in [2.05, 4.69) is 17.2 Å². The van der Waals surface area contributed by atoms with Gasteiger partial charge in [0.25, 0.3) is 5.91 Å². The van der Waals surface area contributed by atoms with Crippen LogP contribution in [0, 0.1) is 11.3 Å². The minimum atomic E-state index is -4.79. The number of alkyl halides is 4. The molecule has 2 aromatic rings. The lowest BCUT2D eigenvalue weighted by Gasteiger charge is -2.54. The Morgan fingerprint density at radius 2 is 1.95 bits per heavy atom. The molecule has 2 heterocycles. The summed E-state index contributed by atoms with van der Waals surface area (Å²) in [6, 6.07) is 10.4. The molecule has 0 radical (unpaired) electrons. The van der Waals surface area contributed by atoms with E-state index in [0.717, 1.165) is 29.7 Å². The molecule has 3 atom stereocenters. The third-order valence-electron chi connectivity index (χ3n) is 8.29. The first-order valence-electron chi connectivity index (χ1n) is 12.8. The van der Waals surface area contributed by atoms with Gasteiger partial charge in [-0.2, -0.15) is 13.2 Å². The second kappa shape index (κ2) is 9.08. The van der Waals surface area contributed by atoms with Gasteiger partial charge >= 0.3 is 6.18 Å². The molecule has 5 rings (SSSR count). The van der Waals surface area contributed by atoms with Crippen molar-refractivity contribution in [3.63, 3.8) is 0 Å². The molecule has 5 nitrogen and oxygen atoms in total. The number of nitrogens with zero attached hydrogens (tertiary/aromatic N) is 1. The molecular weight excluding hydrogens is 527 g/mol. The Kier molecular flexibility index (Phi) is 6.33. The van der Waals surface area contributed by atoms with Crippen LogP contribution in [0.3, 0.4) is 0 Å². The lowest BCUT2D eigenvalue weighted by Crippen LogP contribution is -2.58. The summed E-state index contributed by atoms with van der Waals surface area (Å²) in [5, 5.41) is 5.95. The van der Waals surface area contributed by atoms with Gasteiger partial charge in [0, 0.05) is 28.1 Å². The van der Waals surface area contributed by atoms with Crippen molar-refractivity contribution in [1.82, 2.24) is 0 Å². The number of fused-ring (bicyclic) bond motifs is 5. The number of amides is 1. The molecule has 3 unspecified atom stereocenters. The van der Waals surface area contributed by atoms with E-state index in [9.17, 15) is 22.8 Å². The van der Waals surface area contributed by atoms with E-state index in [0.29, 0.717) is 36.2 Å². The fraction of sp³-hybridized carbons (Fsp3) is 0.367. The average Bonchev–Trinajstić information content (AvgIpc) is 2.90. The maximum Gasteiger partial charge on any atom is 0.418 e. The van der Waals surface area contributed by atoms with Crippen LogP contribution < -0.4 is 10.6 Å². The lowest BCUT2D eigenvalue weighted by molar-refractivity contribution is -0.137. The maximum atomic E-state index is 14.4. The number of halogens is 4. The number of hydrogen-bond acceptors (Lipinski definition) is 4. The molecule has 2 aliphatic heterocycles. The number of aliphatic imine (C=N–C) groups is 1. The number of benzene rings is 2. The molecule has 1 amide bonds. The van der Waals surface area contributed by atoms with Crippen LogP contribution in [0.4, 0.5) is 24.5 Å². The number of aldehydes is 1. The summed E-state index contributed by atoms with van der Waals surface area (Å²) in [5.74, 6) is -0.580. The van der Waals surface area contributed by atoms with Gasteiger partial charge < -0.3 is 10.6 Å².